The maximum absolute atomic E-state index is 3.98. The molecule has 45 heavy (non-hydrogen) atoms. The molecular weight excluding hydrogens is 2580 g/mol. The molecule has 0 bridgehead atoms. The zero-order valence-corrected chi connectivity index (χ0v) is 66.4. The summed E-state index contributed by atoms with van der Waals surface area (Å²) < 4.78 is -13.5. The van der Waals surface area contributed by atoms with E-state index in [2.05, 4.69) is 478 Å². The minimum absolute atomic E-state index is 0.641. The van der Waals surface area contributed by atoms with Gasteiger partial charge in [0.05, 0.1) is 0 Å². The second-order valence-electron chi connectivity index (χ2n) is 7.99. The lowest BCUT2D eigenvalue weighted by atomic mass is 10.0. The molecule has 0 amide bonds. The average Bonchev–Trinajstić information content (AvgIpc) is 2.81. The Bertz CT molecular complexity index is 977. The molecule has 0 saturated heterocycles. The molecule has 30 heteroatoms. The Kier molecular flexibility index (Phi) is 26.2. The van der Waals surface area contributed by atoms with Crippen LogP contribution in [0.1, 0.15) is 0 Å². The molecule has 0 atom stereocenters. The van der Waals surface area contributed by atoms with E-state index < -0.39 is 42.0 Å². The fourth-order valence-electron chi connectivity index (χ4n) is 2.41. The second kappa shape index (κ2) is 19.9. The summed E-state index contributed by atoms with van der Waals surface area (Å²) in [7, 11) is 0. The van der Waals surface area contributed by atoms with Gasteiger partial charge in [0.2, 0.25) is 0 Å². The Morgan fingerprint density at radius 3 is 0.356 bits per heavy atom. The largest absolute Gasteiger partial charge is 0.135 e. The predicted octanol–water partition coefficient (Wildman–Crippen LogP) is 22.9. The van der Waals surface area contributed by atoms with E-state index in [9.17, 15) is 0 Å². The van der Waals surface area contributed by atoms with Crippen LogP contribution in [0.15, 0.2) is 0 Å². The Morgan fingerprint density at radius 1 is 0.178 bits per heavy atom. The van der Waals surface area contributed by atoms with E-state index in [1.165, 1.54) is 0 Å². The summed E-state index contributed by atoms with van der Waals surface area (Å²) in [4.78, 5) is 0. The molecule has 0 rings (SSSR count). The fraction of sp³-hybridized carbons (Fsp3) is 0.867. The lowest BCUT2D eigenvalue weighted by Gasteiger charge is -2.61. The predicted molar refractivity (Wildman–Crippen MR) is 310 cm³/mol. The summed E-state index contributed by atoms with van der Waals surface area (Å²) in [6, 6.07) is 0. The quantitative estimate of drug-likeness (QED) is 0.152. The second-order valence-corrected chi connectivity index (χ2v) is 58.0. The highest BCUT2D eigenvalue weighted by Gasteiger charge is 2.82. The maximum atomic E-state index is 3.98. The summed E-state index contributed by atoms with van der Waals surface area (Å²) in [5.41, 5.74) is 0. The van der Waals surface area contributed by atoms with Crippen LogP contribution in [0.3, 0.4) is 0 Å². The van der Waals surface area contributed by atoms with E-state index >= 15 is 0 Å². The molecule has 0 aromatic carbocycles. The summed E-state index contributed by atoms with van der Waals surface area (Å²) in [6.45, 7) is 0. The highest BCUT2D eigenvalue weighted by molar-refractivity contribution is 9.39. The maximum Gasteiger partial charge on any atom is 0.135 e. The van der Waals surface area contributed by atoms with Gasteiger partial charge in [-0.15, -0.1) is 0 Å². The highest BCUT2D eigenvalue weighted by atomic mass is 80.0. The van der Waals surface area contributed by atoms with Crippen LogP contribution < -0.4 is 0 Å². The summed E-state index contributed by atoms with van der Waals surface area (Å²) >= 11 is 116. The van der Waals surface area contributed by atoms with Crippen LogP contribution in [-0.4, -0.2) is 42.0 Å². The van der Waals surface area contributed by atoms with Crippen LogP contribution in [-0.2, 0) is 0 Å². The molecule has 0 nitrogen and oxygen atoms in total. The Morgan fingerprint density at radius 2 is 0.267 bits per heavy atom. The Balaban J connectivity index is 7.52. The van der Waals surface area contributed by atoms with Gasteiger partial charge in [0.15, 0.2) is 0 Å². The van der Waals surface area contributed by atoms with Crippen LogP contribution >= 0.6 is 478 Å². The van der Waals surface area contributed by atoms with Gasteiger partial charge in [-0.05, 0) is 0 Å². The first-order chi connectivity index (χ1) is 18.9. The van der Waals surface area contributed by atoms with Gasteiger partial charge in [0.25, 0.3) is 0 Å². The van der Waals surface area contributed by atoms with Crippen molar-refractivity contribution in [3.8, 4) is 0 Å². The molecule has 0 aromatic heterocycles. The molecule has 0 aromatic rings. The van der Waals surface area contributed by atoms with E-state index in [1.54, 1.807) is 0 Å². The van der Waals surface area contributed by atoms with Gasteiger partial charge in [0.1, 0.15) is 49.5 Å². The van der Waals surface area contributed by atoms with Crippen molar-refractivity contribution in [1.82, 2.24) is 0 Å². The van der Waals surface area contributed by atoms with E-state index in [1.807, 2.05) is 0 Å². The lowest BCUT2D eigenvalue weighted by molar-refractivity contribution is 0.536. The standard InChI is InChI=1S/C15Br30/c16-1(17)3(20,21)5(24,25)7(28,29)9(32,33)11(36,37)13(40,41)15(44,45)14(42,43)12(38,39)10(34,35)8(30,31)6(26,27)4(22,23)2(18)19. The van der Waals surface area contributed by atoms with E-state index in [-0.39, 0.29) is 0 Å². The van der Waals surface area contributed by atoms with Crippen LogP contribution in [0, 0.1) is 7.47 Å². The molecule has 0 fully saturated rings. The van der Waals surface area contributed by atoms with E-state index in [0.717, 1.165) is 0 Å². The first-order valence-electron chi connectivity index (χ1n) is 9.17. The van der Waals surface area contributed by atoms with Crippen molar-refractivity contribution in [1.29, 1.82) is 0 Å². The molecule has 0 unspecified atom stereocenters. The topological polar surface area (TPSA) is 0 Å². The zero-order valence-electron chi connectivity index (χ0n) is 18.8. The average molecular weight is 2580 g/mol. The molecule has 0 N–H and O–H groups in total. The van der Waals surface area contributed by atoms with Crippen LogP contribution in [0.2, 0.25) is 0 Å². The van der Waals surface area contributed by atoms with Crippen molar-refractivity contribution in [2.45, 2.75) is 42.0 Å². The van der Waals surface area contributed by atoms with Crippen molar-refractivity contribution in [2.75, 3.05) is 0 Å². The summed E-state index contributed by atoms with van der Waals surface area (Å²) in [6.07, 6.45) is 0. The third kappa shape index (κ3) is 10.3. The van der Waals surface area contributed by atoms with Crippen molar-refractivity contribution in [3.63, 3.8) is 0 Å². The third-order valence-corrected chi connectivity index (χ3v) is 67.5. The highest BCUT2D eigenvalue weighted by Crippen LogP contribution is 2.82. The lowest BCUT2D eigenvalue weighted by Crippen LogP contribution is -2.72. The summed E-state index contributed by atoms with van der Waals surface area (Å²) in [5, 5.41) is 0. The Hall–Kier alpha value is 14.4. The van der Waals surface area contributed by atoms with Crippen molar-refractivity contribution < 1.29 is 0 Å². The minimum atomic E-state index is -1.25. The molecule has 0 aliphatic carbocycles. The zero-order chi connectivity index (χ0) is 37.7. The minimum Gasteiger partial charge on any atom is -0.0675 e. The van der Waals surface area contributed by atoms with Crippen molar-refractivity contribution >= 4 is 478 Å². The SMILES string of the molecule is Br[C](Br)C(Br)(Br)C(Br)(Br)C(Br)(Br)C(Br)(Br)C(Br)(Br)C(Br)(Br)C(Br)(Br)C(Br)(Br)C(Br)(Br)C(Br)(Br)C(Br)(Br)C(Br)(Br)C(Br)(Br)[C](Br)Br. The molecular formula is C15Br30. The number of hydrogen-bond donors (Lipinski definition) is 0. The number of hydrogen-bond acceptors (Lipinski definition) is 0. The van der Waals surface area contributed by atoms with Crippen LogP contribution in [0.25, 0.3) is 0 Å². The molecule has 0 aliphatic rings. The van der Waals surface area contributed by atoms with Crippen LogP contribution in [0.4, 0.5) is 0 Å². The first-order valence-corrected chi connectivity index (χ1v) is 33.0. The molecule has 0 heterocycles. The number of rotatable bonds is 14. The Labute approximate surface area is 514 Å². The molecule has 2 radical (unpaired) electrons. The number of alkyl halides is 26. The smallest absolute Gasteiger partial charge is 0.0675 e. The first kappa shape index (κ1) is 59.4. The molecule has 0 aliphatic heterocycles. The van der Waals surface area contributed by atoms with E-state index in [0.29, 0.717) is 7.47 Å². The van der Waals surface area contributed by atoms with Gasteiger partial charge in [0, 0.05) is 0 Å². The van der Waals surface area contributed by atoms with Gasteiger partial charge < -0.3 is 0 Å². The van der Waals surface area contributed by atoms with Gasteiger partial charge in [-0.25, -0.2) is 0 Å². The number of halogens is 30. The molecule has 270 valence electrons. The molecule has 0 saturated carbocycles. The summed E-state index contributed by atoms with van der Waals surface area (Å²) in [5.74, 6) is 0. The van der Waals surface area contributed by atoms with Gasteiger partial charge in [-0.1, -0.05) is 478 Å². The normalized spacial score (nSPS) is 17.1. The third-order valence-electron chi connectivity index (χ3n) is 5.21. The van der Waals surface area contributed by atoms with Crippen molar-refractivity contribution in [2.24, 2.45) is 0 Å². The fourth-order valence-corrected chi connectivity index (χ4v) is 31.3. The van der Waals surface area contributed by atoms with Crippen LogP contribution in [0.5, 0.6) is 0 Å². The molecule has 0 spiro atoms. The van der Waals surface area contributed by atoms with Crippen molar-refractivity contribution in [3.05, 3.63) is 7.47 Å². The van der Waals surface area contributed by atoms with Gasteiger partial charge >= 0.3 is 0 Å². The van der Waals surface area contributed by atoms with Gasteiger partial charge in [-0.2, -0.15) is 0 Å². The monoisotopic (exact) mass is 2550 g/mol. The van der Waals surface area contributed by atoms with Gasteiger partial charge in [-0.3, -0.25) is 0 Å². The van der Waals surface area contributed by atoms with E-state index in [4.69, 9.17) is 0 Å².